The summed E-state index contributed by atoms with van der Waals surface area (Å²) in [6.07, 6.45) is 2.08. The molecule has 12 heavy (non-hydrogen) atoms. The summed E-state index contributed by atoms with van der Waals surface area (Å²) in [7, 11) is -0.454. The average molecular weight is 188 g/mol. The van der Waals surface area contributed by atoms with Crippen LogP contribution >= 0.6 is 0 Å². The van der Waals surface area contributed by atoms with E-state index < -0.39 is 8.80 Å². The van der Waals surface area contributed by atoms with Crippen LogP contribution in [0.15, 0.2) is 0 Å². The molecular weight excluding hydrogens is 168 g/mol. The highest BCUT2D eigenvalue weighted by Crippen LogP contribution is 2.13. The lowest BCUT2D eigenvalue weighted by Gasteiger charge is -2.16. The van der Waals surface area contributed by atoms with Crippen molar-refractivity contribution in [2.45, 2.75) is 44.7 Å². The minimum absolute atomic E-state index is 0.424. The molecule has 0 spiro atoms. The first-order chi connectivity index (χ1) is 5.72. The Balaban J connectivity index is 2.06. The molecule has 0 aliphatic carbocycles. The number of rotatable bonds is 6. The Morgan fingerprint density at radius 3 is 2.67 bits per heavy atom. The monoisotopic (exact) mass is 188 g/mol. The molecule has 0 aromatic carbocycles. The summed E-state index contributed by atoms with van der Waals surface area (Å²) in [6, 6.07) is 1.31. The second-order valence-electron chi connectivity index (χ2n) is 3.95. The van der Waals surface area contributed by atoms with Gasteiger partial charge in [-0.15, -0.1) is 0 Å². The summed E-state index contributed by atoms with van der Waals surface area (Å²) in [4.78, 5) is 0. The minimum atomic E-state index is -0.454. The predicted octanol–water partition coefficient (Wildman–Crippen LogP) is 1.67. The molecule has 1 aliphatic rings. The number of hydrogen-bond donors (Lipinski definition) is 0. The Morgan fingerprint density at radius 1 is 1.58 bits per heavy atom. The first kappa shape index (κ1) is 10.2. The highest BCUT2D eigenvalue weighted by atomic mass is 28.3. The van der Waals surface area contributed by atoms with Gasteiger partial charge in [0.1, 0.15) is 6.10 Å². The van der Waals surface area contributed by atoms with Gasteiger partial charge in [0.2, 0.25) is 0 Å². The maximum Gasteiger partial charge on any atom is 0.104 e. The van der Waals surface area contributed by atoms with Crippen molar-refractivity contribution < 1.29 is 9.47 Å². The maximum absolute atomic E-state index is 5.74. The van der Waals surface area contributed by atoms with Gasteiger partial charge in [-0.1, -0.05) is 20.0 Å². The van der Waals surface area contributed by atoms with E-state index in [2.05, 4.69) is 20.0 Å². The smallest absolute Gasteiger partial charge is 0.104 e. The molecule has 0 amide bonds. The molecule has 0 aromatic rings. The fraction of sp³-hybridized carbons (Fsp3) is 1.00. The molecule has 0 saturated carbocycles. The van der Waals surface area contributed by atoms with E-state index in [0.29, 0.717) is 12.2 Å². The van der Waals surface area contributed by atoms with Crippen LogP contribution in [0.1, 0.15) is 13.3 Å². The number of ether oxygens (including phenoxy) is 2. The Bertz CT molecular complexity index is 124. The van der Waals surface area contributed by atoms with Crippen molar-refractivity contribution in [3.8, 4) is 0 Å². The average Bonchev–Trinajstić information content (AvgIpc) is 2.80. The van der Waals surface area contributed by atoms with Crippen LogP contribution in [0.2, 0.25) is 19.1 Å². The SMILES string of the molecule is CCC(C[SiH](C)C)OCC1CO1. The third kappa shape index (κ3) is 4.23. The molecule has 0 N–H and O–H groups in total. The van der Waals surface area contributed by atoms with E-state index in [9.17, 15) is 0 Å². The van der Waals surface area contributed by atoms with Gasteiger partial charge in [-0.3, -0.25) is 0 Å². The predicted molar refractivity (Wildman–Crippen MR) is 53.5 cm³/mol. The van der Waals surface area contributed by atoms with Gasteiger partial charge in [-0.05, 0) is 12.5 Å². The summed E-state index contributed by atoms with van der Waals surface area (Å²) in [6.45, 7) is 8.68. The molecule has 1 rings (SSSR count). The lowest BCUT2D eigenvalue weighted by atomic mass is 10.3. The Morgan fingerprint density at radius 2 is 2.25 bits per heavy atom. The molecule has 0 radical (unpaired) electrons. The van der Waals surface area contributed by atoms with Crippen LogP contribution in [-0.2, 0) is 9.47 Å². The Labute approximate surface area is 76.9 Å². The van der Waals surface area contributed by atoms with Gasteiger partial charge < -0.3 is 9.47 Å². The van der Waals surface area contributed by atoms with Crippen molar-refractivity contribution in [1.82, 2.24) is 0 Å². The summed E-state index contributed by atoms with van der Waals surface area (Å²) in [5.74, 6) is 0. The lowest BCUT2D eigenvalue weighted by Crippen LogP contribution is -2.20. The molecule has 2 atom stereocenters. The summed E-state index contributed by atoms with van der Waals surface area (Å²) >= 11 is 0. The van der Waals surface area contributed by atoms with E-state index >= 15 is 0 Å². The zero-order valence-electron chi connectivity index (χ0n) is 8.38. The quantitative estimate of drug-likeness (QED) is 0.467. The summed E-state index contributed by atoms with van der Waals surface area (Å²) < 4.78 is 10.8. The van der Waals surface area contributed by atoms with Crippen LogP contribution < -0.4 is 0 Å². The molecule has 1 saturated heterocycles. The van der Waals surface area contributed by atoms with Gasteiger partial charge >= 0.3 is 0 Å². The van der Waals surface area contributed by atoms with Crippen molar-refractivity contribution >= 4 is 8.80 Å². The molecule has 3 heteroatoms. The minimum Gasteiger partial charge on any atom is -0.376 e. The lowest BCUT2D eigenvalue weighted by molar-refractivity contribution is 0.0520. The molecule has 0 aromatic heterocycles. The van der Waals surface area contributed by atoms with E-state index in [-0.39, 0.29) is 0 Å². The zero-order chi connectivity index (χ0) is 8.97. The molecule has 72 valence electrons. The van der Waals surface area contributed by atoms with Crippen molar-refractivity contribution in [1.29, 1.82) is 0 Å². The first-order valence-corrected chi connectivity index (χ1v) is 8.08. The van der Waals surface area contributed by atoms with Crippen molar-refractivity contribution in [2.75, 3.05) is 13.2 Å². The standard InChI is InChI=1S/C9H20O2Si/c1-4-8(7-12(2)3)10-5-9-6-11-9/h8-9,12H,4-7H2,1-3H3. The molecule has 1 heterocycles. The van der Waals surface area contributed by atoms with E-state index in [4.69, 9.17) is 9.47 Å². The van der Waals surface area contributed by atoms with Gasteiger partial charge in [-0.2, -0.15) is 0 Å². The van der Waals surface area contributed by atoms with E-state index in [0.717, 1.165) is 19.6 Å². The fourth-order valence-corrected chi connectivity index (χ4v) is 2.81. The maximum atomic E-state index is 5.74. The van der Waals surface area contributed by atoms with Crippen LogP contribution in [0.3, 0.4) is 0 Å². The Kier molecular flexibility index (Phi) is 4.25. The van der Waals surface area contributed by atoms with Gasteiger partial charge in [-0.25, -0.2) is 0 Å². The van der Waals surface area contributed by atoms with E-state index in [1.807, 2.05) is 0 Å². The van der Waals surface area contributed by atoms with E-state index in [1.165, 1.54) is 6.04 Å². The third-order valence-corrected chi connectivity index (χ3v) is 3.58. The van der Waals surface area contributed by atoms with Crippen LogP contribution in [0, 0.1) is 0 Å². The highest BCUT2D eigenvalue weighted by Gasteiger charge is 2.24. The fourth-order valence-electron chi connectivity index (χ4n) is 1.29. The van der Waals surface area contributed by atoms with Crippen molar-refractivity contribution in [3.05, 3.63) is 0 Å². The van der Waals surface area contributed by atoms with Crippen molar-refractivity contribution in [2.24, 2.45) is 0 Å². The second-order valence-corrected chi connectivity index (χ2v) is 7.21. The highest BCUT2D eigenvalue weighted by molar-refractivity contribution is 6.55. The number of epoxide rings is 1. The van der Waals surface area contributed by atoms with Gasteiger partial charge in [0.05, 0.1) is 19.3 Å². The Hall–Kier alpha value is 0.137. The van der Waals surface area contributed by atoms with Crippen LogP contribution in [0.4, 0.5) is 0 Å². The molecule has 2 unspecified atom stereocenters. The second kappa shape index (κ2) is 4.99. The molecular formula is C9H20O2Si. The van der Waals surface area contributed by atoms with Crippen LogP contribution in [0.25, 0.3) is 0 Å². The molecule has 1 aliphatic heterocycles. The molecule has 2 nitrogen and oxygen atoms in total. The summed E-state index contributed by atoms with van der Waals surface area (Å²) in [5, 5.41) is 0. The van der Waals surface area contributed by atoms with Crippen LogP contribution in [0.5, 0.6) is 0 Å². The van der Waals surface area contributed by atoms with Crippen molar-refractivity contribution in [3.63, 3.8) is 0 Å². The molecule has 1 fully saturated rings. The van der Waals surface area contributed by atoms with E-state index in [1.54, 1.807) is 0 Å². The van der Waals surface area contributed by atoms with Gasteiger partial charge in [0.25, 0.3) is 0 Å². The molecule has 0 bridgehead atoms. The topological polar surface area (TPSA) is 21.8 Å². The van der Waals surface area contributed by atoms with Crippen LogP contribution in [-0.4, -0.2) is 34.2 Å². The first-order valence-electron chi connectivity index (χ1n) is 4.95. The normalized spacial score (nSPS) is 24.5. The van der Waals surface area contributed by atoms with Gasteiger partial charge in [0, 0.05) is 8.80 Å². The largest absolute Gasteiger partial charge is 0.376 e. The number of hydrogen-bond acceptors (Lipinski definition) is 2. The summed E-state index contributed by atoms with van der Waals surface area (Å²) in [5.41, 5.74) is 0. The zero-order valence-corrected chi connectivity index (χ0v) is 9.53. The third-order valence-electron chi connectivity index (χ3n) is 2.11. The van der Waals surface area contributed by atoms with Gasteiger partial charge in [0.15, 0.2) is 0 Å².